The van der Waals surface area contributed by atoms with E-state index in [4.69, 9.17) is 5.73 Å². The van der Waals surface area contributed by atoms with Crippen LogP contribution in [0.1, 0.15) is 37.8 Å². The van der Waals surface area contributed by atoms with Crippen molar-refractivity contribution in [3.05, 3.63) is 30.5 Å². The molecule has 150 valence electrons. The van der Waals surface area contributed by atoms with Crippen molar-refractivity contribution >= 4 is 17.7 Å². The van der Waals surface area contributed by atoms with Gasteiger partial charge in [0.15, 0.2) is 0 Å². The van der Waals surface area contributed by atoms with Crippen LogP contribution >= 0.6 is 0 Å². The van der Waals surface area contributed by atoms with Gasteiger partial charge in [0.1, 0.15) is 5.82 Å². The summed E-state index contributed by atoms with van der Waals surface area (Å²) < 4.78 is 2.07. The Balaban J connectivity index is 1.34. The molecule has 1 spiro atoms. The van der Waals surface area contributed by atoms with Crippen LogP contribution in [0.25, 0.3) is 0 Å². The number of carbonyl (C=O) groups is 1. The molecule has 0 aromatic carbocycles. The average Bonchev–Trinajstić information content (AvgIpc) is 3.18. The first-order valence-corrected chi connectivity index (χ1v) is 10.1. The summed E-state index contributed by atoms with van der Waals surface area (Å²) in [4.78, 5) is 29.5. The molecule has 2 aromatic heterocycles. The first-order chi connectivity index (χ1) is 13.5. The summed E-state index contributed by atoms with van der Waals surface area (Å²) in [7, 11) is 0. The molecule has 0 radical (unpaired) electrons. The third kappa shape index (κ3) is 4.10. The molecule has 8 nitrogen and oxygen atoms in total. The molecule has 0 bridgehead atoms. The number of nitrogens with two attached hydrogens (primary N) is 1. The minimum absolute atomic E-state index is 0.243. The number of piperidine rings is 2. The van der Waals surface area contributed by atoms with Crippen LogP contribution in [0.15, 0.2) is 24.8 Å². The van der Waals surface area contributed by atoms with Crippen molar-refractivity contribution in [1.29, 1.82) is 0 Å². The molecule has 2 N–H and O–H groups in total. The molecular formula is C20H29N7O. The van der Waals surface area contributed by atoms with Crippen LogP contribution in [-0.4, -0.2) is 56.5 Å². The Labute approximate surface area is 165 Å². The monoisotopic (exact) mass is 383 g/mol. The van der Waals surface area contributed by atoms with Gasteiger partial charge in [-0.2, -0.15) is 4.98 Å². The Morgan fingerprint density at radius 1 is 1.18 bits per heavy atom. The SMILES string of the molecule is Cc1cc(N2CCC3(CCC(=O)N(CCCn4ccnc4)C3)CC2)nc(N)n1. The molecule has 8 heteroatoms. The molecule has 0 atom stereocenters. The minimum atomic E-state index is 0.243. The zero-order chi connectivity index (χ0) is 19.6. The number of imidazole rings is 1. The molecular weight excluding hydrogens is 354 g/mol. The summed E-state index contributed by atoms with van der Waals surface area (Å²) in [5.74, 6) is 1.56. The smallest absolute Gasteiger partial charge is 0.222 e. The van der Waals surface area contributed by atoms with Gasteiger partial charge in [-0.3, -0.25) is 4.79 Å². The highest BCUT2D eigenvalue weighted by atomic mass is 16.2. The number of hydrogen-bond acceptors (Lipinski definition) is 6. The highest BCUT2D eigenvalue weighted by Gasteiger charge is 2.41. The number of nitrogen functional groups attached to an aromatic ring is 1. The number of carbonyl (C=O) groups excluding carboxylic acids is 1. The molecule has 0 saturated carbocycles. The summed E-state index contributed by atoms with van der Waals surface area (Å²) in [6.07, 6.45) is 10.4. The maximum absolute atomic E-state index is 12.4. The average molecular weight is 384 g/mol. The van der Waals surface area contributed by atoms with E-state index in [0.29, 0.717) is 18.3 Å². The Hall–Kier alpha value is -2.64. The van der Waals surface area contributed by atoms with Gasteiger partial charge in [-0.15, -0.1) is 0 Å². The zero-order valence-electron chi connectivity index (χ0n) is 16.5. The fraction of sp³-hybridized carbons (Fsp3) is 0.600. The molecule has 4 heterocycles. The number of likely N-dealkylation sites (tertiary alicyclic amines) is 1. The molecule has 28 heavy (non-hydrogen) atoms. The van der Waals surface area contributed by atoms with Crippen LogP contribution in [-0.2, 0) is 11.3 Å². The summed E-state index contributed by atoms with van der Waals surface area (Å²) in [5.41, 5.74) is 6.96. The number of rotatable bonds is 5. The van der Waals surface area contributed by atoms with Crippen molar-refractivity contribution in [1.82, 2.24) is 24.4 Å². The van der Waals surface area contributed by atoms with Gasteiger partial charge in [0.2, 0.25) is 11.9 Å². The normalized spacial score (nSPS) is 19.4. The first-order valence-electron chi connectivity index (χ1n) is 10.1. The van der Waals surface area contributed by atoms with Gasteiger partial charge in [-0.25, -0.2) is 9.97 Å². The van der Waals surface area contributed by atoms with Crippen LogP contribution in [0, 0.1) is 12.3 Å². The van der Waals surface area contributed by atoms with Gasteiger partial charge in [0.25, 0.3) is 0 Å². The molecule has 4 rings (SSSR count). The lowest BCUT2D eigenvalue weighted by Crippen LogP contribution is -2.52. The third-order valence-electron chi connectivity index (χ3n) is 6.16. The minimum Gasteiger partial charge on any atom is -0.368 e. The number of nitrogens with zero attached hydrogens (tertiary/aromatic N) is 6. The maximum Gasteiger partial charge on any atom is 0.222 e. The summed E-state index contributed by atoms with van der Waals surface area (Å²) in [5, 5.41) is 0. The van der Waals surface area contributed by atoms with E-state index in [-0.39, 0.29) is 5.41 Å². The fourth-order valence-electron chi connectivity index (χ4n) is 4.52. The van der Waals surface area contributed by atoms with Crippen molar-refractivity contribution in [2.45, 2.75) is 45.6 Å². The number of hydrogen-bond donors (Lipinski definition) is 1. The van der Waals surface area contributed by atoms with Gasteiger partial charge in [-0.05, 0) is 38.0 Å². The van der Waals surface area contributed by atoms with Gasteiger partial charge in [0.05, 0.1) is 6.33 Å². The molecule has 1 amide bonds. The van der Waals surface area contributed by atoms with Crippen LogP contribution in [0.3, 0.4) is 0 Å². The Bertz CT molecular complexity index is 792. The first kappa shape index (κ1) is 18.7. The van der Waals surface area contributed by atoms with E-state index in [9.17, 15) is 4.79 Å². The Morgan fingerprint density at radius 2 is 2.00 bits per heavy atom. The van der Waals surface area contributed by atoms with E-state index in [0.717, 1.165) is 69.9 Å². The van der Waals surface area contributed by atoms with Gasteiger partial charge in [-0.1, -0.05) is 0 Å². The van der Waals surface area contributed by atoms with E-state index in [2.05, 4.69) is 29.3 Å². The predicted octanol–water partition coefficient (Wildman–Crippen LogP) is 1.86. The second-order valence-electron chi connectivity index (χ2n) is 8.18. The molecule has 2 aliphatic rings. The van der Waals surface area contributed by atoms with E-state index >= 15 is 0 Å². The number of aryl methyl sites for hydroxylation is 2. The Morgan fingerprint density at radius 3 is 2.71 bits per heavy atom. The molecule has 2 fully saturated rings. The van der Waals surface area contributed by atoms with E-state index in [1.54, 1.807) is 6.20 Å². The van der Waals surface area contributed by atoms with E-state index < -0.39 is 0 Å². The predicted molar refractivity (Wildman–Crippen MR) is 108 cm³/mol. The highest BCUT2D eigenvalue weighted by Crippen LogP contribution is 2.41. The van der Waals surface area contributed by atoms with E-state index in [1.165, 1.54) is 0 Å². The number of anilines is 2. The van der Waals surface area contributed by atoms with Crippen LogP contribution in [0.5, 0.6) is 0 Å². The topological polar surface area (TPSA) is 93.2 Å². The largest absolute Gasteiger partial charge is 0.368 e. The molecule has 0 aliphatic carbocycles. The van der Waals surface area contributed by atoms with Crippen LogP contribution in [0.4, 0.5) is 11.8 Å². The standard InChI is InChI=1S/C20H29N7O/c1-16-13-17(24-19(21)23-16)26-10-5-20(6-11-26)4-3-18(28)27(14-20)9-2-8-25-12-7-22-15-25/h7,12-13,15H,2-6,8-11,14H2,1H3,(H2,21,23,24). The van der Waals surface area contributed by atoms with Crippen molar-refractivity contribution in [3.63, 3.8) is 0 Å². The summed E-state index contributed by atoms with van der Waals surface area (Å²) in [6, 6.07) is 2.00. The van der Waals surface area contributed by atoms with Crippen molar-refractivity contribution in [2.75, 3.05) is 36.8 Å². The maximum atomic E-state index is 12.4. The van der Waals surface area contributed by atoms with Gasteiger partial charge < -0.3 is 20.1 Å². The van der Waals surface area contributed by atoms with Gasteiger partial charge in [0, 0.05) is 63.3 Å². The lowest BCUT2D eigenvalue weighted by atomic mass is 9.72. The van der Waals surface area contributed by atoms with Gasteiger partial charge >= 0.3 is 0 Å². The number of amides is 1. The second kappa shape index (κ2) is 7.77. The van der Waals surface area contributed by atoms with Crippen molar-refractivity contribution in [3.8, 4) is 0 Å². The fourth-order valence-corrected chi connectivity index (χ4v) is 4.52. The lowest BCUT2D eigenvalue weighted by Gasteiger charge is -2.47. The molecule has 0 unspecified atom stereocenters. The third-order valence-corrected chi connectivity index (χ3v) is 6.16. The zero-order valence-corrected chi connectivity index (χ0v) is 16.5. The highest BCUT2D eigenvalue weighted by molar-refractivity contribution is 5.77. The summed E-state index contributed by atoms with van der Waals surface area (Å²) in [6.45, 7) is 6.46. The van der Waals surface area contributed by atoms with E-state index in [1.807, 2.05) is 25.5 Å². The second-order valence-corrected chi connectivity index (χ2v) is 8.18. The molecule has 2 aromatic rings. The Kier molecular flexibility index (Phi) is 5.19. The number of aromatic nitrogens is 4. The summed E-state index contributed by atoms with van der Waals surface area (Å²) >= 11 is 0. The lowest BCUT2D eigenvalue weighted by molar-refractivity contribution is -0.138. The molecule has 2 saturated heterocycles. The van der Waals surface area contributed by atoms with Crippen molar-refractivity contribution < 1.29 is 4.79 Å². The molecule has 2 aliphatic heterocycles. The van der Waals surface area contributed by atoms with Crippen LogP contribution < -0.4 is 10.6 Å². The van der Waals surface area contributed by atoms with Crippen molar-refractivity contribution in [2.24, 2.45) is 5.41 Å². The van der Waals surface area contributed by atoms with Crippen LogP contribution in [0.2, 0.25) is 0 Å². The quantitative estimate of drug-likeness (QED) is 0.847.